The molecule has 0 radical (unpaired) electrons. The van der Waals surface area contributed by atoms with Gasteiger partial charge in [-0.05, 0) is 29.7 Å². The van der Waals surface area contributed by atoms with Gasteiger partial charge in [0.25, 0.3) is 0 Å². The van der Waals surface area contributed by atoms with E-state index in [1.165, 1.54) is 16.5 Å². The number of hydrogen-bond acceptors (Lipinski definition) is 3. The fourth-order valence-corrected chi connectivity index (χ4v) is 3.07. The van der Waals surface area contributed by atoms with E-state index in [4.69, 9.17) is 14.2 Å². The van der Waals surface area contributed by atoms with Crippen LogP contribution in [-0.2, 0) is 13.1 Å². The van der Waals surface area contributed by atoms with Gasteiger partial charge in [-0.2, -0.15) is 0 Å². The van der Waals surface area contributed by atoms with Gasteiger partial charge in [0, 0.05) is 22.6 Å². The minimum absolute atomic E-state index is 0.817. The summed E-state index contributed by atoms with van der Waals surface area (Å²) >= 11 is 0. The topological polar surface area (TPSA) is 44.3 Å². The van der Waals surface area contributed by atoms with Crippen molar-refractivity contribution >= 4 is 10.8 Å². The van der Waals surface area contributed by atoms with Crippen molar-refractivity contribution in [1.29, 1.82) is 0 Å². The highest BCUT2D eigenvalue weighted by molar-refractivity contribution is 5.90. The summed E-state index contributed by atoms with van der Waals surface area (Å²) in [5, 5.41) is 4.67. The third kappa shape index (κ3) is 3.86. The van der Waals surface area contributed by atoms with Crippen LogP contribution in [-0.4, -0.2) is 21.3 Å². The Labute approximate surface area is 148 Å². The zero-order chi connectivity index (χ0) is 17.6. The van der Waals surface area contributed by atoms with Crippen LogP contribution in [0.4, 0.5) is 0 Å². The zero-order valence-corrected chi connectivity index (χ0v) is 14.9. The standard InChI is InChI=1S/C21H23NO3/c1-23-17-10-15(11-18(12-17)24-2)13-22-14-16-8-9-21(25-3)20-7-5-4-6-19(16)20/h4-12,22H,13-14H2,1-3H3/p+1. The molecule has 3 aromatic carbocycles. The van der Waals surface area contributed by atoms with E-state index >= 15 is 0 Å². The summed E-state index contributed by atoms with van der Waals surface area (Å²) in [4.78, 5) is 0. The molecular formula is C21H24NO3+. The van der Waals surface area contributed by atoms with Crippen LogP contribution in [0.1, 0.15) is 11.1 Å². The van der Waals surface area contributed by atoms with Crippen molar-refractivity contribution < 1.29 is 19.5 Å². The highest BCUT2D eigenvalue weighted by atomic mass is 16.5. The molecule has 0 aliphatic heterocycles. The van der Waals surface area contributed by atoms with E-state index in [1.54, 1.807) is 21.3 Å². The Hall–Kier alpha value is -2.72. The molecule has 3 aromatic rings. The molecule has 4 nitrogen and oxygen atoms in total. The Morgan fingerprint density at radius 3 is 2.04 bits per heavy atom. The first-order valence-electron chi connectivity index (χ1n) is 8.33. The van der Waals surface area contributed by atoms with Crippen molar-refractivity contribution in [2.75, 3.05) is 21.3 Å². The first-order valence-corrected chi connectivity index (χ1v) is 8.33. The predicted octanol–water partition coefficient (Wildman–Crippen LogP) is 3.13. The number of ether oxygens (including phenoxy) is 3. The molecule has 0 saturated carbocycles. The molecule has 130 valence electrons. The third-order valence-electron chi connectivity index (χ3n) is 4.35. The van der Waals surface area contributed by atoms with Gasteiger partial charge in [0.1, 0.15) is 30.3 Å². The molecule has 0 heterocycles. The molecule has 0 aliphatic rings. The van der Waals surface area contributed by atoms with Gasteiger partial charge in [-0.15, -0.1) is 0 Å². The second kappa shape index (κ2) is 7.90. The van der Waals surface area contributed by atoms with E-state index < -0.39 is 0 Å². The Balaban J connectivity index is 1.76. The van der Waals surface area contributed by atoms with Crippen molar-refractivity contribution in [3.8, 4) is 17.2 Å². The van der Waals surface area contributed by atoms with Crippen molar-refractivity contribution in [2.45, 2.75) is 13.1 Å². The second-order valence-corrected chi connectivity index (χ2v) is 5.89. The Morgan fingerprint density at radius 2 is 1.40 bits per heavy atom. The summed E-state index contributed by atoms with van der Waals surface area (Å²) in [7, 11) is 5.06. The molecule has 0 amide bonds. The zero-order valence-electron chi connectivity index (χ0n) is 14.9. The van der Waals surface area contributed by atoms with Gasteiger partial charge < -0.3 is 19.5 Å². The van der Waals surface area contributed by atoms with Crippen LogP contribution in [0.15, 0.2) is 54.6 Å². The number of hydrogen-bond donors (Lipinski definition) is 1. The molecule has 0 aliphatic carbocycles. The van der Waals surface area contributed by atoms with Crippen LogP contribution in [0, 0.1) is 0 Å². The average Bonchev–Trinajstić information content (AvgIpc) is 2.67. The Morgan fingerprint density at radius 1 is 0.720 bits per heavy atom. The summed E-state index contributed by atoms with van der Waals surface area (Å²) in [5.41, 5.74) is 2.47. The molecular weight excluding hydrogens is 314 g/mol. The quantitative estimate of drug-likeness (QED) is 0.720. The predicted molar refractivity (Wildman–Crippen MR) is 99.4 cm³/mol. The molecule has 0 bridgehead atoms. The van der Waals surface area contributed by atoms with E-state index in [2.05, 4.69) is 29.6 Å². The number of benzene rings is 3. The lowest BCUT2D eigenvalue weighted by Crippen LogP contribution is -2.80. The van der Waals surface area contributed by atoms with Crippen LogP contribution in [0.3, 0.4) is 0 Å². The average molecular weight is 338 g/mol. The van der Waals surface area contributed by atoms with Gasteiger partial charge in [-0.3, -0.25) is 0 Å². The van der Waals surface area contributed by atoms with E-state index in [0.29, 0.717) is 0 Å². The third-order valence-corrected chi connectivity index (χ3v) is 4.35. The Kier molecular flexibility index (Phi) is 5.41. The maximum absolute atomic E-state index is 5.47. The summed E-state index contributed by atoms with van der Waals surface area (Å²) in [6.45, 7) is 1.75. The SMILES string of the molecule is COc1cc(C[NH2+]Cc2ccc(OC)c3ccccc23)cc(OC)c1. The maximum atomic E-state index is 5.47. The molecule has 0 saturated heterocycles. The summed E-state index contributed by atoms with van der Waals surface area (Å²) in [5.74, 6) is 2.55. The van der Waals surface area contributed by atoms with Crippen LogP contribution in [0.25, 0.3) is 10.8 Å². The van der Waals surface area contributed by atoms with Gasteiger partial charge >= 0.3 is 0 Å². The lowest BCUT2D eigenvalue weighted by molar-refractivity contribution is -0.686. The van der Waals surface area contributed by atoms with Gasteiger partial charge in [-0.1, -0.05) is 24.3 Å². The monoisotopic (exact) mass is 338 g/mol. The largest absolute Gasteiger partial charge is 0.497 e. The maximum Gasteiger partial charge on any atom is 0.126 e. The second-order valence-electron chi connectivity index (χ2n) is 5.89. The van der Waals surface area contributed by atoms with Crippen LogP contribution in [0.2, 0.25) is 0 Å². The van der Waals surface area contributed by atoms with Crippen molar-refractivity contribution in [2.24, 2.45) is 0 Å². The van der Waals surface area contributed by atoms with Crippen molar-refractivity contribution in [3.05, 3.63) is 65.7 Å². The smallest absolute Gasteiger partial charge is 0.126 e. The molecule has 0 atom stereocenters. The molecule has 0 fully saturated rings. The van der Waals surface area contributed by atoms with Crippen LogP contribution in [0.5, 0.6) is 17.2 Å². The minimum Gasteiger partial charge on any atom is -0.497 e. The van der Waals surface area contributed by atoms with Gasteiger partial charge in [-0.25, -0.2) is 0 Å². The molecule has 0 aromatic heterocycles. The van der Waals surface area contributed by atoms with E-state index in [1.807, 2.05) is 30.3 Å². The normalized spacial score (nSPS) is 10.7. The number of rotatable bonds is 7. The lowest BCUT2D eigenvalue weighted by atomic mass is 10.0. The van der Waals surface area contributed by atoms with Gasteiger partial charge in [0.05, 0.1) is 21.3 Å². The molecule has 0 spiro atoms. The fourth-order valence-electron chi connectivity index (χ4n) is 3.07. The van der Waals surface area contributed by atoms with Crippen molar-refractivity contribution in [3.63, 3.8) is 0 Å². The van der Waals surface area contributed by atoms with Gasteiger partial charge in [0.15, 0.2) is 0 Å². The van der Waals surface area contributed by atoms with Crippen molar-refractivity contribution in [1.82, 2.24) is 0 Å². The number of nitrogens with two attached hydrogens (primary N) is 1. The first-order chi connectivity index (χ1) is 12.2. The van der Waals surface area contributed by atoms with Gasteiger partial charge in [0.2, 0.25) is 0 Å². The number of quaternary nitrogens is 1. The summed E-state index contributed by atoms with van der Waals surface area (Å²) in [6, 6.07) is 18.5. The van der Waals surface area contributed by atoms with Crippen LogP contribution >= 0.6 is 0 Å². The molecule has 2 N–H and O–H groups in total. The molecule has 3 rings (SSSR count). The van der Waals surface area contributed by atoms with E-state index in [0.717, 1.165) is 35.7 Å². The summed E-state index contributed by atoms with van der Waals surface area (Å²) < 4.78 is 16.1. The highest BCUT2D eigenvalue weighted by Crippen LogP contribution is 2.28. The van der Waals surface area contributed by atoms with E-state index in [-0.39, 0.29) is 0 Å². The van der Waals surface area contributed by atoms with E-state index in [9.17, 15) is 0 Å². The summed E-state index contributed by atoms with van der Waals surface area (Å²) in [6.07, 6.45) is 0. The first kappa shape index (κ1) is 17.1. The highest BCUT2D eigenvalue weighted by Gasteiger charge is 2.08. The number of fused-ring (bicyclic) bond motifs is 1. The molecule has 0 unspecified atom stereocenters. The Bertz CT molecular complexity index is 839. The number of methoxy groups -OCH3 is 3. The lowest BCUT2D eigenvalue weighted by Gasteiger charge is -2.11. The fraction of sp³-hybridized carbons (Fsp3) is 0.238. The van der Waals surface area contributed by atoms with Crippen LogP contribution < -0.4 is 19.5 Å². The molecule has 25 heavy (non-hydrogen) atoms. The minimum atomic E-state index is 0.817. The molecule has 4 heteroatoms.